The molecule has 0 bridgehead atoms. The van der Waals surface area contributed by atoms with Crippen LogP contribution in [0.25, 0.3) is 22.0 Å². The number of anilines is 1. The van der Waals surface area contributed by atoms with Gasteiger partial charge in [0.15, 0.2) is 21.3 Å². The number of alkyl halides is 8. The van der Waals surface area contributed by atoms with Crippen LogP contribution in [-0.4, -0.2) is 76.6 Å². The van der Waals surface area contributed by atoms with E-state index in [4.69, 9.17) is 17.3 Å². The van der Waals surface area contributed by atoms with Crippen molar-refractivity contribution in [3.05, 3.63) is 105 Å². The van der Waals surface area contributed by atoms with Crippen molar-refractivity contribution in [2.24, 2.45) is 11.7 Å². The van der Waals surface area contributed by atoms with Crippen LogP contribution in [-0.2, 0) is 61.1 Å². The molecule has 3 heterocycles. The summed E-state index contributed by atoms with van der Waals surface area (Å²) in [6.45, 7) is 2.40. The van der Waals surface area contributed by atoms with Gasteiger partial charge in [0.1, 0.15) is 40.9 Å². The molecule has 0 spiro atoms. The number of hydrogen-bond acceptors (Lipinski definition) is 10. The van der Waals surface area contributed by atoms with Crippen LogP contribution in [0.4, 0.5) is 49.7 Å². The molecule has 0 unspecified atom stereocenters. The predicted octanol–water partition coefficient (Wildman–Crippen LogP) is 7.06. The quantitative estimate of drug-likeness (QED) is 0.0743. The van der Waals surface area contributed by atoms with Crippen molar-refractivity contribution in [1.82, 2.24) is 29.9 Å². The first-order chi connectivity index (χ1) is 31.6. The summed E-state index contributed by atoms with van der Waals surface area (Å²) < 4.78 is 196. The van der Waals surface area contributed by atoms with Crippen molar-refractivity contribution in [3.63, 3.8) is 0 Å². The highest BCUT2D eigenvalue weighted by Crippen LogP contribution is 2.68. The number of pyridine rings is 1. The number of hydrogen-bond donors (Lipinski definition) is 2. The fraction of sp³-hybridized carbons (Fsp3) is 0.357. The van der Waals surface area contributed by atoms with E-state index in [0.29, 0.717) is 12.3 Å². The maximum atomic E-state index is 15.5. The summed E-state index contributed by atoms with van der Waals surface area (Å²) in [5.74, 6) is -7.60. The molecule has 2 aromatic carbocycles. The van der Waals surface area contributed by atoms with Gasteiger partial charge in [-0.15, -0.1) is 0 Å². The molecule has 0 aliphatic heterocycles. The van der Waals surface area contributed by atoms with Crippen LogP contribution < -0.4 is 15.4 Å². The first-order valence-electron chi connectivity index (χ1n) is 19.9. The van der Waals surface area contributed by atoms with Crippen LogP contribution in [0.1, 0.15) is 66.1 Å². The fourth-order valence-electron chi connectivity index (χ4n) is 7.93. The average molecular weight is 1040 g/mol. The van der Waals surface area contributed by atoms with Gasteiger partial charge in [0.05, 0.1) is 39.6 Å². The highest BCUT2D eigenvalue weighted by atomic mass is 35.5. The number of nitrogens with zero attached hydrogens (tertiary/aromatic N) is 6. The number of carbonyl (C=O) groups excluding carboxylic acids is 2. The maximum Gasteiger partial charge on any atom is 0.435 e. The zero-order valence-electron chi connectivity index (χ0n) is 36.0. The van der Waals surface area contributed by atoms with E-state index in [1.165, 1.54) is 13.8 Å². The topological polar surface area (TPSA) is 192 Å². The van der Waals surface area contributed by atoms with Crippen LogP contribution in [0.15, 0.2) is 54.7 Å². The number of sulfone groups is 1. The number of carbonyl (C=O) groups is 2. The Balaban J connectivity index is 1.50. The van der Waals surface area contributed by atoms with Gasteiger partial charge < -0.3 is 11.1 Å². The average Bonchev–Trinajstić information content (AvgIpc) is 3.71. The van der Waals surface area contributed by atoms with Crippen molar-refractivity contribution < 1.29 is 70.3 Å². The number of fused-ring (bicyclic) bond motifs is 4. The van der Waals surface area contributed by atoms with E-state index >= 15 is 8.78 Å². The molecule has 2 amide bonds. The molecule has 0 saturated heterocycles. The summed E-state index contributed by atoms with van der Waals surface area (Å²) in [6.07, 6.45) is -9.95. The molecule has 1 fully saturated rings. The highest BCUT2D eigenvalue weighted by molar-refractivity contribution is 7.93. The van der Waals surface area contributed by atoms with Crippen LogP contribution in [0.3, 0.4) is 0 Å². The third kappa shape index (κ3) is 9.85. The number of nitrogens with one attached hydrogen (secondary N) is 1. The van der Waals surface area contributed by atoms with Crippen LogP contribution in [0.5, 0.6) is 0 Å². The van der Waals surface area contributed by atoms with Gasteiger partial charge in [0.2, 0.25) is 15.9 Å². The maximum absolute atomic E-state index is 15.5. The van der Waals surface area contributed by atoms with Crippen molar-refractivity contribution in [2.75, 3.05) is 16.8 Å². The molecule has 1 saturated carbocycles. The zero-order chi connectivity index (χ0) is 51.3. The SMILES string of the molecule is C=C(N)C(=O)N(c1nn(CC(F)(F)F)c2c(-c3ccc(C#CC(C)(C)S(C)(=O)=O)nc3[C@H](Cc3cc(F)cc(F)c3)NC(=O)Cn3nc(C(F)(F)F)c4c3C(F)(F)[C@@H]3C[C@H]43)ccc(Cl)c12)S(C)(=O)=O. The van der Waals surface area contributed by atoms with Crippen molar-refractivity contribution in [3.8, 4) is 23.0 Å². The van der Waals surface area contributed by atoms with Gasteiger partial charge in [-0.3, -0.25) is 19.0 Å². The number of rotatable bonds is 12. The standard InChI is InChI=1S/C42H35ClF10N8O6S2/c1-19(54)38(63)61(69(5,66)67)37-32-28(43)9-8-25(34(32)60(58-37)18-40(46,47)48)24-7-6-23(10-11-39(2,3)68(4,64)65)55-33(24)29(14-20-12-21(44)15-22(45)13-20)56-30(62)17-59-36-31(35(57-59)42(51,52)53)26-16-27(26)41(36,49)50/h6-9,12-13,15,26-27,29H,1,14,16-18,54H2,2-5H3,(H,56,62)/t26-,27+,29-/m0/s1. The number of amides is 2. The number of aromatic nitrogens is 5. The lowest BCUT2D eigenvalue weighted by atomic mass is 9.93. The fourth-order valence-corrected chi connectivity index (χ4v) is 9.27. The number of sulfonamides is 1. The molecular formula is C42H35ClF10N8O6S2. The van der Waals surface area contributed by atoms with E-state index < -0.39 is 154 Å². The van der Waals surface area contributed by atoms with E-state index in [1.54, 1.807) is 0 Å². The molecule has 69 heavy (non-hydrogen) atoms. The minimum absolute atomic E-state index is 0.0493. The molecule has 368 valence electrons. The molecule has 3 atom stereocenters. The number of benzene rings is 2. The van der Waals surface area contributed by atoms with E-state index in [0.717, 1.165) is 42.7 Å². The second-order valence-corrected chi connectivity index (χ2v) is 21.7. The Kier molecular flexibility index (Phi) is 12.5. The largest absolute Gasteiger partial charge is 0.435 e. The smallest absolute Gasteiger partial charge is 0.395 e. The Morgan fingerprint density at radius 2 is 1.61 bits per heavy atom. The van der Waals surface area contributed by atoms with E-state index in [1.807, 2.05) is 0 Å². The lowest BCUT2D eigenvalue weighted by Crippen LogP contribution is -2.39. The van der Waals surface area contributed by atoms with E-state index in [2.05, 4.69) is 38.9 Å². The summed E-state index contributed by atoms with van der Waals surface area (Å²) in [4.78, 5) is 31.8. The molecule has 3 N–H and O–H groups in total. The Labute approximate surface area is 390 Å². The molecule has 27 heteroatoms. The second kappa shape index (κ2) is 17.0. The normalized spacial score (nSPS) is 17.1. The zero-order valence-corrected chi connectivity index (χ0v) is 38.4. The lowest BCUT2D eigenvalue weighted by Gasteiger charge is -2.23. The van der Waals surface area contributed by atoms with Gasteiger partial charge >= 0.3 is 12.4 Å². The van der Waals surface area contributed by atoms with Gasteiger partial charge in [-0.25, -0.2) is 30.6 Å². The van der Waals surface area contributed by atoms with Crippen molar-refractivity contribution >= 4 is 60.0 Å². The Morgan fingerprint density at radius 3 is 2.17 bits per heavy atom. The van der Waals surface area contributed by atoms with Crippen LogP contribution in [0, 0.1) is 29.4 Å². The summed E-state index contributed by atoms with van der Waals surface area (Å²) >= 11 is 6.55. The molecule has 2 aliphatic carbocycles. The number of nitrogens with two attached hydrogens (primary N) is 1. The predicted molar refractivity (Wildman–Crippen MR) is 228 cm³/mol. The van der Waals surface area contributed by atoms with Gasteiger partial charge in [-0.2, -0.15) is 49.6 Å². The van der Waals surface area contributed by atoms with Gasteiger partial charge in [0, 0.05) is 34.9 Å². The molecule has 7 rings (SSSR count). The Hall–Kier alpha value is -6.20. The summed E-state index contributed by atoms with van der Waals surface area (Å²) in [5, 5.41) is 8.53. The minimum atomic E-state index is -5.22. The van der Waals surface area contributed by atoms with Crippen molar-refractivity contribution in [2.45, 2.75) is 74.8 Å². The van der Waals surface area contributed by atoms with E-state index in [9.17, 15) is 61.5 Å². The van der Waals surface area contributed by atoms with Gasteiger partial charge in [-0.05, 0) is 74.4 Å². The number of halogens is 11. The third-order valence-corrected chi connectivity index (χ3v) is 14.6. The third-order valence-electron chi connectivity index (χ3n) is 11.3. The van der Waals surface area contributed by atoms with Crippen molar-refractivity contribution in [1.29, 1.82) is 0 Å². The van der Waals surface area contributed by atoms with Gasteiger partial charge in [0.25, 0.3) is 11.8 Å². The summed E-state index contributed by atoms with van der Waals surface area (Å²) in [5.41, 5.74) is -1.28. The Morgan fingerprint density at radius 1 is 0.986 bits per heavy atom. The lowest BCUT2D eigenvalue weighted by molar-refractivity contribution is -0.143. The molecule has 14 nitrogen and oxygen atoms in total. The summed E-state index contributed by atoms with van der Waals surface area (Å²) in [6, 6.07) is 4.71. The molecule has 0 radical (unpaired) electrons. The van der Waals surface area contributed by atoms with Gasteiger partial charge in [-0.1, -0.05) is 30.2 Å². The molecule has 2 aliphatic rings. The summed E-state index contributed by atoms with van der Waals surface area (Å²) in [7, 11) is -8.70. The van der Waals surface area contributed by atoms with Crippen LogP contribution in [0.2, 0.25) is 5.02 Å². The molecular weight excluding hydrogens is 1000 g/mol. The Bertz CT molecular complexity index is 3290. The minimum Gasteiger partial charge on any atom is -0.395 e. The van der Waals surface area contributed by atoms with Crippen LogP contribution >= 0.6 is 11.6 Å². The monoisotopic (exact) mass is 1040 g/mol. The second-order valence-electron chi connectivity index (χ2n) is 16.9. The first kappa shape index (κ1) is 50.7. The molecule has 5 aromatic rings. The van der Waals surface area contributed by atoms with E-state index in [-0.39, 0.29) is 42.5 Å². The molecule has 3 aromatic heterocycles. The first-order valence-corrected chi connectivity index (χ1v) is 24.0. The highest BCUT2D eigenvalue weighted by Gasteiger charge is 2.68.